The highest BCUT2D eigenvalue weighted by molar-refractivity contribution is 6.53. The van der Waals surface area contributed by atoms with Crippen LogP contribution in [0.3, 0.4) is 0 Å². The Kier molecular flexibility index (Phi) is 8.84. The van der Waals surface area contributed by atoms with Gasteiger partial charge < -0.3 is 36.7 Å². The molecule has 4 aromatic rings. The lowest BCUT2D eigenvalue weighted by atomic mass is 10.1. The van der Waals surface area contributed by atoms with E-state index >= 15 is 0 Å². The van der Waals surface area contributed by atoms with Crippen LogP contribution in [-0.4, -0.2) is 59.8 Å². The van der Waals surface area contributed by atoms with Crippen molar-refractivity contribution in [1.29, 1.82) is 0 Å². The van der Waals surface area contributed by atoms with E-state index in [0.29, 0.717) is 75.4 Å². The number of amides is 3. The summed E-state index contributed by atoms with van der Waals surface area (Å²) in [4.78, 5) is 45.1. The number of carbonyl (C=O) groups is 3. The van der Waals surface area contributed by atoms with Crippen LogP contribution in [0.2, 0.25) is 0 Å². The van der Waals surface area contributed by atoms with Crippen LogP contribution < -0.4 is 31.7 Å². The van der Waals surface area contributed by atoms with E-state index in [2.05, 4.69) is 41.4 Å². The SMILES string of the molecule is COc1ccc(NC(=O)c2ccc(NCCNC(=O)c3c(C)[nH]c(/C=N/N=C4/C(=O)Nc5ccc(F)cc54)c3C)nc2)c(N)c1. The van der Waals surface area contributed by atoms with Crippen molar-refractivity contribution in [2.45, 2.75) is 13.8 Å². The smallest absolute Gasteiger partial charge is 0.276 e. The molecule has 45 heavy (non-hydrogen) atoms. The molecule has 0 fully saturated rings. The molecular weight excluding hydrogens is 581 g/mol. The van der Waals surface area contributed by atoms with Crippen molar-refractivity contribution in [3.05, 3.63) is 94.2 Å². The fraction of sp³-hybridized carbons (Fsp3) is 0.161. The second-order valence-corrected chi connectivity index (χ2v) is 10.0. The molecule has 0 radical (unpaired) electrons. The van der Waals surface area contributed by atoms with E-state index in [-0.39, 0.29) is 17.5 Å². The molecule has 0 saturated carbocycles. The number of aryl methyl sites for hydroxylation is 1. The van der Waals surface area contributed by atoms with E-state index in [0.717, 1.165) is 0 Å². The summed E-state index contributed by atoms with van der Waals surface area (Å²) < 4.78 is 18.8. The third-order valence-corrected chi connectivity index (χ3v) is 7.00. The van der Waals surface area contributed by atoms with Crippen LogP contribution in [0.5, 0.6) is 5.75 Å². The van der Waals surface area contributed by atoms with Crippen LogP contribution in [-0.2, 0) is 4.79 Å². The first-order valence-electron chi connectivity index (χ1n) is 13.8. The van der Waals surface area contributed by atoms with E-state index in [9.17, 15) is 18.8 Å². The fourth-order valence-corrected chi connectivity index (χ4v) is 4.68. The number of nitrogens with zero attached hydrogens (tertiary/aromatic N) is 3. The average Bonchev–Trinajstić information content (AvgIpc) is 3.49. The van der Waals surface area contributed by atoms with Crippen LogP contribution in [0, 0.1) is 19.7 Å². The summed E-state index contributed by atoms with van der Waals surface area (Å²) in [5, 5.41) is 19.3. The summed E-state index contributed by atoms with van der Waals surface area (Å²) in [6.07, 6.45) is 2.84. The molecule has 1 aliphatic heterocycles. The number of anilines is 4. The predicted octanol–water partition coefficient (Wildman–Crippen LogP) is 3.63. The predicted molar refractivity (Wildman–Crippen MR) is 170 cm³/mol. The zero-order valence-corrected chi connectivity index (χ0v) is 24.6. The quantitative estimate of drug-likeness (QED) is 0.0683. The van der Waals surface area contributed by atoms with Gasteiger partial charge in [0.25, 0.3) is 17.7 Å². The monoisotopic (exact) mass is 611 g/mol. The minimum Gasteiger partial charge on any atom is -0.497 e. The Morgan fingerprint density at radius 1 is 1.09 bits per heavy atom. The molecule has 1 aliphatic rings. The Labute approximate surface area is 257 Å². The number of aromatic nitrogens is 2. The van der Waals surface area contributed by atoms with Gasteiger partial charge in [-0.15, -0.1) is 5.10 Å². The third kappa shape index (κ3) is 6.80. The number of H-pyrrole nitrogens is 1. The highest BCUT2D eigenvalue weighted by atomic mass is 19.1. The highest BCUT2D eigenvalue weighted by Crippen LogP contribution is 2.25. The topological polar surface area (TPSA) is 188 Å². The van der Waals surface area contributed by atoms with Crippen molar-refractivity contribution in [2.75, 3.05) is 41.9 Å². The van der Waals surface area contributed by atoms with E-state index in [1.165, 1.54) is 37.7 Å². The molecule has 3 amide bonds. The molecule has 7 N–H and O–H groups in total. The van der Waals surface area contributed by atoms with E-state index in [1.807, 2.05) is 0 Å². The average molecular weight is 612 g/mol. The molecule has 0 spiro atoms. The number of nitrogens with two attached hydrogens (primary N) is 1. The number of methoxy groups -OCH3 is 1. The summed E-state index contributed by atoms with van der Waals surface area (Å²) in [5.74, 6) is -0.506. The maximum absolute atomic E-state index is 13.7. The lowest BCUT2D eigenvalue weighted by molar-refractivity contribution is -0.110. The molecule has 5 rings (SSSR count). The number of pyridine rings is 1. The normalized spacial score (nSPS) is 13.1. The minimum atomic E-state index is -0.491. The van der Waals surface area contributed by atoms with Crippen molar-refractivity contribution < 1.29 is 23.5 Å². The zero-order valence-electron chi connectivity index (χ0n) is 24.6. The molecule has 3 heterocycles. The number of benzene rings is 2. The molecule has 13 nitrogen and oxygen atoms in total. The summed E-state index contributed by atoms with van der Waals surface area (Å²) in [6.45, 7) is 4.21. The van der Waals surface area contributed by atoms with Crippen LogP contribution in [0.25, 0.3) is 0 Å². The first-order chi connectivity index (χ1) is 21.6. The van der Waals surface area contributed by atoms with Crippen molar-refractivity contribution >= 4 is 52.5 Å². The molecule has 14 heteroatoms. The van der Waals surface area contributed by atoms with Gasteiger partial charge in [0.1, 0.15) is 17.4 Å². The molecule has 0 bridgehead atoms. The fourth-order valence-electron chi connectivity index (χ4n) is 4.68. The first kappa shape index (κ1) is 30.4. The summed E-state index contributed by atoms with van der Waals surface area (Å²) in [7, 11) is 1.53. The number of nitrogen functional groups attached to an aromatic ring is 1. The van der Waals surface area contributed by atoms with Crippen LogP contribution in [0.4, 0.5) is 27.3 Å². The molecule has 0 saturated heterocycles. The van der Waals surface area contributed by atoms with E-state index in [1.54, 1.807) is 44.2 Å². The number of fused-ring (bicyclic) bond motifs is 1. The number of halogens is 1. The second kappa shape index (κ2) is 13.1. The summed E-state index contributed by atoms with van der Waals surface area (Å²) in [6, 6.07) is 12.2. The van der Waals surface area contributed by atoms with Gasteiger partial charge in [-0.25, -0.2) is 9.37 Å². The Morgan fingerprint density at radius 2 is 1.91 bits per heavy atom. The zero-order chi connectivity index (χ0) is 32.1. The molecule has 0 atom stereocenters. The van der Waals surface area contributed by atoms with Crippen LogP contribution in [0.1, 0.15) is 43.2 Å². The molecule has 230 valence electrons. The molecule has 0 unspecified atom stereocenters. The number of aromatic amines is 1. The number of carbonyl (C=O) groups excluding carboxylic acids is 3. The number of rotatable bonds is 10. The number of hydrogen-bond donors (Lipinski definition) is 6. The Balaban J connectivity index is 1.13. The first-order valence-corrected chi connectivity index (χ1v) is 13.8. The van der Waals surface area contributed by atoms with Crippen molar-refractivity contribution in [3.63, 3.8) is 0 Å². The van der Waals surface area contributed by atoms with Crippen LogP contribution in [0.15, 0.2) is 64.9 Å². The molecule has 2 aromatic heterocycles. The van der Waals surface area contributed by atoms with Gasteiger partial charge in [0.05, 0.1) is 47.2 Å². The largest absolute Gasteiger partial charge is 0.497 e. The number of nitrogens with one attached hydrogen (secondary N) is 5. The van der Waals surface area contributed by atoms with Gasteiger partial charge in [0.2, 0.25) is 0 Å². The summed E-state index contributed by atoms with van der Waals surface area (Å²) >= 11 is 0. The van der Waals surface area contributed by atoms with Crippen molar-refractivity contribution in [1.82, 2.24) is 15.3 Å². The lowest BCUT2D eigenvalue weighted by Gasteiger charge is -2.10. The van der Waals surface area contributed by atoms with Crippen molar-refractivity contribution in [3.8, 4) is 5.75 Å². The van der Waals surface area contributed by atoms with Gasteiger partial charge in [-0.3, -0.25) is 14.4 Å². The van der Waals surface area contributed by atoms with Gasteiger partial charge in [0.15, 0.2) is 5.71 Å². The lowest BCUT2D eigenvalue weighted by Crippen LogP contribution is -2.29. The van der Waals surface area contributed by atoms with Gasteiger partial charge >= 0.3 is 0 Å². The van der Waals surface area contributed by atoms with Crippen LogP contribution >= 0.6 is 0 Å². The molecule has 2 aromatic carbocycles. The molecular formula is C31H30FN9O4. The van der Waals surface area contributed by atoms with E-state index in [4.69, 9.17) is 10.5 Å². The second-order valence-electron chi connectivity index (χ2n) is 10.0. The minimum absolute atomic E-state index is 0.00158. The van der Waals surface area contributed by atoms with Gasteiger partial charge in [-0.05, 0) is 61.9 Å². The Hall–Kier alpha value is -6.05. The van der Waals surface area contributed by atoms with Gasteiger partial charge in [-0.2, -0.15) is 5.10 Å². The standard InChI is InChI=1S/C31H30FN9O4/c1-16-25(15-37-41-28-21-12-19(32)5-7-23(21)39-31(28)44)38-17(2)27(16)30(43)35-11-10-34-26-9-4-18(14-36-26)29(42)40-24-8-6-20(45-3)13-22(24)33/h4-9,12-15,38H,10-11,33H2,1-3H3,(H,34,36)(H,35,43)(H,40,42)(H,39,41,44)/b37-15+. The van der Waals surface area contributed by atoms with E-state index < -0.39 is 11.7 Å². The number of hydrogen-bond acceptors (Lipinski definition) is 9. The Bertz CT molecular complexity index is 1850. The highest BCUT2D eigenvalue weighted by Gasteiger charge is 2.26. The maximum atomic E-state index is 13.7. The number of ether oxygens (including phenoxy) is 1. The Morgan fingerprint density at radius 3 is 2.64 bits per heavy atom. The van der Waals surface area contributed by atoms with Gasteiger partial charge in [0, 0.05) is 36.6 Å². The maximum Gasteiger partial charge on any atom is 0.276 e. The molecule has 0 aliphatic carbocycles. The summed E-state index contributed by atoms with van der Waals surface area (Å²) in [5.41, 5.74) is 10.2. The third-order valence-electron chi connectivity index (χ3n) is 7.00. The van der Waals surface area contributed by atoms with Gasteiger partial charge in [-0.1, -0.05) is 0 Å². The van der Waals surface area contributed by atoms with Crippen molar-refractivity contribution in [2.24, 2.45) is 10.2 Å².